The van der Waals surface area contributed by atoms with Gasteiger partial charge in [0.2, 0.25) is 5.91 Å². The van der Waals surface area contributed by atoms with E-state index in [2.05, 4.69) is 23.7 Å². The zero-order chi connectivity index (χ0) is 14.3. The number of carbonyl (C=O) groups excluding carboxylic acids is 1. The van der Waals surface area contributed by atoms with Gasteiger partial charge in [0.25, 0.3) is 0 Å². The molecule has 3 saturated heterocycles. The van der Waals surface area contributed by atoms with Gasteiger partial charge in [-0.2, -0.15) is 0 Å². The molecule has 1 aromatic heterocycles. The summed E-state index contributed by atoms with van der Waals surface area (Å²) in [5, 5.41) is 0. The summed E-state index contributed by atoms with van der Waals surface area (Å²) in [4.78, 5) is 20.7. The highest BCUT2D eigenvalue weighted by Gasteiger charge is 2.47. The Morgan fingerprint density at radius 3 is 2.65 bits per heavy atom. The molecule has 3 aliphatic heterocycles. The fourth-order valence-electron chi connectivity index (χ4n) is 3.23. The lowest BCUT2D eigenvalue weighted by Crippen LogP contribution is -2.71. The van der Waals surface area contributed by atoms with Crippen molar-refractivity contribution in [3.63, 3.8) is 0 Å². The molecule has 0 aliphatic carbocycles. The van der Waals surface area contributed by atoms with Gasteiger partial charge in [-0.25, -0.2) is 4.39 Å². The number of aromatic nitrogens is 1. The first-order valence-corrected chi connectivity index (χ1v) is 7.20. The predicted octanol–water partition coefficient (Wildman–Crippen LogP) is 1.46. The number of nitrogens with zero attached hydrogens (tertiary/aromatic N) is 3. The summed E-state index contributed by atoms with van der Waals surface area (Å²) < 4.78 is 12.8. The van der Waals surface area contributed by atoms with Crippen LogP contribution in [-0.2, 0) is 11.2 Å². The molecule has 0 saturated carbocycles. The molecule has 108 valence electrons. The summed E-state index contributed by atoms with van der Waals surface area (Å²) >= 11 is 0. The molecule has 3 fully saturated rings. The highest BCUT2D eigenvalue weighted by Crippen LogP contribution is 2.33. The number of amides is 1. The summed E-state index contributed by atoms with van der Waals surface area (Å²) in [6, 6.07) is 4.18. The lowest BCUT2D eigenvalue weighted by Gasteiger charge is -2.57. The van der Waals surface area contributed by atoms with Crippen LogP contribution in [0.2, 0.25) is 0 Å². The van der Waals surface area contributed by atoms with Crippen molar-refractivity contribution in [2.24, 2.45) is 0 Å². The lowest BCUT2D eigenvalue weighted by molar-refractivity contribution is -0.154. The van der Waals surface area contributed by atoms with Gasteiger partial charge < -0.3 is 4.90 Å². The van der Waals surface area contributed by atoms with Gasteiger partial charge in [-0.15, -0.1) is 0 Å². The van der Waals surface area contributed by atoms with Crippen LogP contribution < -0.4 is 0 Å². The Balaban J connectivity index is 1.61. The molecule has 1 amide bonds. The van der Waals surface area contributed by atoms with Crippen molar-refractivity contribution in [1.82, 2.24) is 14.8 Å². The standard InChI is InChI=1S/C15H20FN3O/c1-10(2)18-8-13-6-14(9-18)19(13)15(20)5-12-4-3-11(16)7-17-12/h3-4,7,10,13-14H,5-6,8-9H2,1-2H3. The molecule has 2 unspecified atom stereocenters. The molecule has 0 spiro atoms. The largest absolute Gasteiger partial charge is 0.334 e. The molecule has 0 aromatic carbocycles. The van der Waals surface area contributed by atoms with E-state index in [1.165, 1.54) is 12.3 Å². The first-order valence-electron chi connectivity index (χ1n) is 7.20. The number of rotatable bonds is 3. The van der Waals surface area contributed by atoms with E-state index in [1.807, 2.05) is 4.90 Å². The third-order valence-corrected chi connectivity index (χ3v) is 4.36. The van der Waals surface area contributed by atoms with E-state index in [9.17, 15) is 9.18 Å². The summed E-state index contributed by atoms with van der Waals surface area (Å²) in [6.07, 6.45) is 2.56. The number of halogens is 1. The minimum Gasteiger partial charge on any atom is -0.334 e. The monoisotopic (exact) mass is 277 g/mol. The zero-order valence-corrected chi connectivity index (χ0v) is 11.9. The van der Waals surface area contributed by atoms with Gasteiger partial charge in [0.15, 0.2) is 0 Å². The van der Waals surface area contributed by atoms with Crippen molar-refractivity contribution in [3.8, 4) is 0 Å². The first kappa shape index (κ1) is 13.5. The Morgan fingerprint density at radius 2 is 2.10 bits per heavy atom. The highest BCUT2D eigenvalue weighted by atomic mass is 19.1. The summed E-state index contributed by atoms with van der Waals surface area (Å²) in [6.45, 7) is 6.33. The van der Waals surface area contributed by atoms with Crippen molar-refractivity contribution in [1.29, 1.82) is 0 Å². The van der Waals surface area contributed by atoms with Crippen LogP contribution in [0.5, 0.6) is 0 Å². The van der Waals surface area contributed by atoms with Crippen molar-refractivity contribution in [2.75, 3.05) is 13.1 Å². The third-order valence-electron chi connectivity index (χ3n) is 4.36. The van der Waals surface area contributed by atoms with E-state index in [4.69, 9.17) is 0 Å². The van der Waals surface area contributed by atoms with Crippen LogP contribution in [0.15, 0.2) is 18.3 Å². The van der Waals surface area contributed by atoms with E-state index < -0.39 is 0 Å². The second-order valence-corrected chi connectivity index (χ2v) is 6.04. The topological polar surface area (TPSA) is 36.4 Å². The van der Waals surface area contributed by atoms with Crippen LogP contribution >= 0.6 is 0 Å². The number of carbonyl (C=O) groups is 1. The van der Waals surface area contributed by atoms with Crippen LogP contribution in [0.3, 0.4) is 0 Å². The van der Waals surface area contributed by atoms with Crippen molar-refractivity contribution < 1.29 is 9.18 Å². The number of pyridine rings is 1. The van der Waals surface area contributed by atoms with Gasteiger partial charge in [-0.05, 0) is 32.4 Å². The van der Waals surface area contributed by atoms with Crippen LogP contribution in [0.25, 0.3) is 0 Å². The number of piperidine rings is 1. The smallest absolute Gasteiger partial charge is 0.229 e. The molecule has 0 N–H and O–H groups in total. The average molecular weight is 277 g/mol. The van der Waals surface area contributed by atoms with E-state index in [0.717, 1.165) is 19.5 Å². The molecule has 0 radical (unpaired) electrons. The van der Waals surface area contributed by atoms with Gasteiger partial charge in [-0.3, -0.25) is 14.7 Å². The molecule has 4 rings (SSSR count). The van der Waals surface area contributed by atoms with E-state index in [0.29, 0.717) is 23.8 Å². The maximum atomic E-state index is 12.8. The zero-order valence-electron chi connectivity index (χ0n) is 11.9. The fourth-order valence-corrected chi connectivity index (χ4v) is 3.23. The van der Waals surface area contributed by atoms with Crippen molar-refractivity contribution in [2.45, 2.75) is 44.8 Å². The Morgan fingerprint density at radius 1 is 1.40 bits per heavy atom. The van der Waals surface area contributed by atoms with E-state index in [-0.39, 0.29) is 18.1 Å². The minimum absolute atomic E-state index is 0.119. The molecule has 4 heterocycles. The van der Waals surface area contributed by atoms with Crippen LogP contribution in [0, 0.1) is 5.82 Å². The Kier molecular flexibility index (Phi) is 3.46. The van der Waals surface area contributed by atoms with Crippen LogP contribution in [0.4, 0.5) is 4.39 Å². The molecule has 5 heteroatoms. The van der Waals surface area contributed by atoms with E-state index >= 15 is 0 Å². The van der Waals surface area contributed by atoms with Gasteiger partial charge in [-0.1, -0.05) is 0 Å². The van der Waals surface area contributed by atoms with Gasteiger partial charge >= 0.3 is 0 Å². The fraction of sp³-hybridized carbons (Fsp3) is 0.600. The van der Waals surface area contributed by atoms with Gasteiger partial charge in [0.1, 0.15) is 5.82 Å². The molecule has 2 atom stereocenters. The first-order chi connectivity index (χ1) is 9.54. The predicted molar refractivity (Wildman–Crippen MR) is 73.6 cm³/mol. The normalized spacial score (nSPS) is 25.7. The van der Waals surface area contributed by atoms with Crippen molar-refractivity contribution in [3.05, 3.63) is 29.8 Å². The number of hydrogen-bond donors (Lipinski definition) is 0. The quantitative estimate of drug-likeness (QED) is 0.839. The SMILES string of the molecule is CC(C)N1CC2CC(C1)N2C(=O)Cc1ccc(F)cn1. The lowest BCUT2D eigenvalue weighted by atomic mass is 9.86. The number of fused-ring (bicyclic) bond motifs is 2. The third kappa shape index (κ3) is 2.42. The van der Waals surface area contributed by atoms with Crippen LogP contribution in [0.1, 0.15) is 26.0 Å². The average Bonchev–Trinajstić information content (AvgIpc) is 2.41. The molecule has 2 bridgehead atoms. The molecular weight excluding hydrogens is 257 g/mol. The van der Waals surface area contributed by atoms with Gasteiger partial charge in [0.05, 0.1) is 12.6 Å². The Labute approximate surface area is 118 Å². The minimum atomic E-state index is -0.366. The van der Waals surface area contributed by atoms with E-state index in [1.54, 1.807) is 6.07 Å². The maximum absolute atomic E-state index is 12.8. The molecular formula is C15H20FN3O. The summed E-state index contributed by atoms with van der Waals surface area (Å²) in [5.41, 5.74) is 0.641. The molecule has 20 heavy (non-hydrogen) atoms. The Bertz CT molecular complexity index is 490. The molecule has 1 aromatic rings. The Hall–Kier alpha value is -1.49. The number of piperazine rings is 1. The summed E-state index contributed by atoms with van der Waals surface area (Å²) in [5.74, 6) is -0.247. The van der Waals surface area contributed by atoms with Crippen LogP contribution in [-0.4, -0.2) is 51.9 Å². The highest BCUT2D eigenvalue weighted by molar-refractivity contribution is 5.80. The second kappa shape index (κ2) is 5.13. The summed E-state index contributed by atoms with van der Waals surface area (Å²) in [7, 11) is 0. The molecule has 3 aliphatic rings. The maximum Gasteiger partial charge on any atom is 0.229 e. The number of hydrogen-bond acceptors (Lipinski definition) is 3. The van der Waals surface area contributed by atoms with Crippen molar-refractivity contribution >= 4 is 5.91 Å². The molecule has 4 nitrogen and oxygen atoms in total. The van der Waals surface area contributed by atoms with Gasteiger partial charge in [0, 0.05) is 36.9 Å². The second-order valence-electron chi connectivity index (χ2n) is 6.04.